The molecule has 1 unspecified atom stereocenters. The van der Waals surface area contributed by atoms with E-state index >= 15 is 0 Å². The van der Waals surface area contributed by atoms with E-state index in [4.69, 9.17) is 10.5 Å². The molecule has 1 fully saturated rings. The van der Waals surface area contributed by atoms with E-state index in [0.717, 1.165) is 44.9 Å². The summed E-state index contributed by atoms with van der Waals surface area (Å²) in [7, 11) is 2.08. The highest BCUT2D eigenvalue weighted by Gasteiger charge is 2.24. The van der Waals surface area contributed by atoms with Crippen molar-refractivity contribution in [3.05, 3.63) is 5.82 Å². The van der Waals surface area contributed by atoms with E-state index in [1.54, 1.807) is 0 Å². The molecule has 0 amide bonds. The number of nitrogens with two attached hydrogens (primary N) is 1. The number of ether oxygens (including phenoxy) is 1. The summed E-state index contributed by atoms with van der Waals surface area (Å²) < 4.78 is 7.54. The van der Waals surface area contributed by atoms with Gasteiger partial charge in [0.05, 0.1) is 6.61 Å². The van der Waals surface area contributed by atoms with Gasteiger partial charge in [-0.15, -0.1) is 5.10 Å². The Morgan fingerprint density at radius 2 is 2.35 bits per heavy atom. The van der Waals surface area contributed by atoms with Crippen molar-refractivity contribution in [3.8, 4) is 0 Å². The predicted octanol–water partition coefficient (Wildman–Crippen LogP) is -0.585. The third-order valence-electron chi connectivity index (χ3n) is 2.94. The molecule has 2 rings (SSSR count). The van der Waals surface area contributed by atoms with E-state index in [2.05, 4.69) is 27.5 Å². The van der Waals surface area contributed by atoms with Gasteiger partial charge in [0.1, 0.15) is 6.10 Å². The molecule has 0 radical (unpaired) electrons. The van der Waals surface area contributed by atoms with Crippen LogP contribution in [0, 0.1) is 0 Å². The van der Waals surface area contributed by atoms with Gasteiger partial charge < -0.3 is 15.4 Å². The number of aryl methyl sites for hydroxylation is 1. The molecular weight excluding hydrogens is 220 g/mol. The molecule has 96 valence electrons. The molecule has 1 atom stereocenters. The monoisotopic (exact) mass is 240 g/mol. The highest BCUT2D eigenvalue weighted by Crippen LogP contribution is 2.18. The van der Waals surface area contributed by atoms with E-state index in [1.807, 2.05) is 4.68 Å². The molecule has 1 aliphatic rings. The summed E-state index contributed by atoms with van der Waals surface area (Å²) in [6.07, 6.45) is 1.98. The normalized spacial score (nSPS) is 21.9. The predicted molar refractivity (Wildman–Crippen MR) is 62.3 cm³/mol. The number of tetrazole rings is 1. The second-order valence-corrected chi connectivity index (χ2v) is 4.38. The zero-order valence-electron chi connectivity index (χ0n) is 10.2. The molecule has 0 spiro atoms. The van der Waals surface area contributed by atoms with Crippen molar-refractivity contribution >= 4 is 0 Å². The second-order valence-electron chi connectivity index (χ2n) is 4.38. The van der Waals surface area contributed by atoms with E-state index in [-0.39, 0.29) is 6.10 Å². The van der Waals surface area contributed by atoms with Crippen molar-refractivity contribution in [2.45, 2.75) is 25.5 Å². The van der Waals surface area contributed by atoms with Crippen molar-refractivity contribution in [3.63, 3.8) is 0 Å². The number of likely N-dealkylation sites (N-methyl/N-ethyl adjacent to an activating group) is 1. The average Bonchev–Trinajstić information content (AvgIpc) is 2.78. The molecular formula is C10H20N6O. The Morgan fingerprint density at radius 1 is 1.47 bits per heavy atom. The lowest BCUT2D eigenvalue weighted by Gasteiger charge is -2.29. The highest BCUT2D eigenvalue weighted by atomic mass is 16.5. The molecule has 0 aromatic carbocycles. The topological polar surface area (TPSA) is 82.1 Å². The van der Waals surface area contributed by atoms with Gasteiger partial charge in [-0.25, -0.2) is 4.68 Å². The fraction of sp³-hybridized carbons (Fsp3) is 0.900. The standard InChI is InChI=1S/C10H20N6O/c1-15-6-7-17-9(8-15)10-12-13-14-16(10)5-3-2-4-11/h9H,2-8,11H2,1H3. The smallest absolute Gasteiger partial charge is 0.181 e. The summed E-state index contributed by atoms with van der Waals surface area (Å²) in [6.45, 7) is 4.06. The van der Waals surface area contributed by atoms with Crippen LogP contribution >= 0.6 is 0 Å². The number of aromatic nitrogens is 4. The van der Waals surface area contributed by atoms with Crippen molar-refractivity contribution in [1.29, 1.82) is 0 Å². The second kappa shape index (κ2) is 6.04. The van der Waals surface area contributed by atoms with Crippen LogP contribution in [0.4, 0.5) is 0 Å². The van der Waals surface area contributed by atoms with Gasteiger partial charge in [-0.05, 0) is 36.9 Å². The van der Waals surface area contributed by atoms with E-state index < -0.39 is 0 Å². The Labute approximate surface area is 101 Å². The fourth-order valence-corrected chi connectivity index (χ4v) is 1.94. The number of unbranched alkanes of at least 4 members (excludes halogenated alkanes) is 1. The molecule has 1 aromatic rings. The Balaban J connectivity index is 1.97. The van der Waals surface area contributed by atoms with Gasteiger partial charge in [0.2, 0.25) is 0 Å². The molecule has 2 N–H and O–H groups in total. The van der Waals surface area contributed by atoms with Crippen molar-refractivity contribution in [1.82, 2.24) is 25.1 Å². The van der Waals surface area contributed by atoms with Gasteiger partial charge in [-0.3, -0.25) is 0 Å². The number of rotatable bonds is 5. The first-order valence-electron chi connectivity index (χ1n) is 6.07. The van der Waals surface area contributed by atoms with Crippen LogP contribution in [0.3, 0.4) is 0 Å². The Kier molecular flexibility index (Phi) is 4.41. The zero-order chi connectivity index (χ0) is 12.1. The van der Waals surface area contributed by atoms with Crippen molar-refractivity contribution in [2.24, 2.45) is 5.73 Å². The van der Waals surface area contributed by atoms with Gasteiger partial charge in [-0.2, -0.15) is 0 Å². The first-order chi connectivity index (χ1) is 8.31. The summed E-state index contributed by atoms with van der Waals surface area (Å²) in [5, 5.41) is 11.8. The number of nitrogens with zero attached hydrogens (tertiary/aromatic N) is 5. The minimum Gasteiger partial charge on any atom is -0.367 e. The van der Waals surface area contributed by atoms with Crippen LogP contribution in [0.5, 0.6) is 0 Å². The van der Waals surface area contributed by atoms with Crippen LogP contribution in [0.1, 0.15) is 24.8 Å². The van der Waals surface area contributed by atoms with E-state index in [0.29, 0.717) is 6.54 Å². The third-order valence-corrected chi connectivity index (χ3v) is 2.94. The summed E-state index contributed by atoms with van der Waals surface area (Å²) in [5.74, 6) is 0.827. The van der Waals surface area contributed by atoms with E-state index in [9.17, 15) is 0 Å². The first kappa shape index (κ1) is 12.4. The maximum atomic E-state index is 5.71. The Bertz CT molecular complexity index is 341. The molecule has 7 heteroatoms. The van der Waals surface area contributed by atoms with E-state index in [1.165, 1.54) is 0 Å². The summed E-state index contributed by atoms with van der Waals surface area (Å²) in [5.41, 5.74) is 5.47. The SMILES string of the molecule is CN1CCOC(c2nnnn2CCCCN)C1. The maximum absolute atomic E-state index is 5.71. The molecule has 1 saturated heterocycles. The van der Waals surface area contributed by atoms with Crippen LogP contribution < -0.4 is 5.73 Å². The van der Waals surface area contributed by atoms with Crippen molar-refractivity contribution in [2.75, 3.05) is 33.3 Å². The Hall–Kier alpha value is -1.05. The van der Waals surface area contributed by atoms with Gasteiger partial charge in [0.15, 0.2) is 5.82 Å². The first-order valence-corrected chi connectivity index (χ1v) is 6.07. The van der Waals surface area contributed by atoms with Gasteiger partial charge in [-0.1, -0.05) is 0 Å². The molecule has 2 heterocycles. The fourth-order valence-electron chi connectivity index (χ4n) is 1.94. The van der Waals surface area contributed by atoms with Gasteiger partial charge in [0, 0.05) is 19.6 Å². The number of morpholine rings is 1. The van der Waals surface area contributed by atoms with Gasteiger partial charge in [0.25, 0.3) is 0 Å². The molecule has 1 aromatic heterocycles. The number of hydrogen-bond acceptors (Lipinski definition) is 6. The van der Waals surface area contributed by atoms with Crippen LogP contribution in [-0.4, -0.2) is 58.4 Å². The molecule has 0 bridgehead atoms. The van der Waals surface area contributed by atoms with Crippen LogP contribution in [-0.2, 0) is 11.3 Å². The molecule has 7 nitrogen and oxygen atoms in total. The summed E-state index contributed by atoms with van der Waals surface area (Å²) >= 11 is 0. The number of hydrogen-bond donors (Lipinski definition) is 1. The zero-order valence-corrected chi connectivity index (χ0v) is 10.2. The van der Waals surface area contributed by atoms with Crippen molar-refractivity contribution < 1.29 is 4.74 Å². The quantitative estimate of drug-likeness (QED) is 0.693. The highest BCUT2D eigenvalue weighted by molar-refractivity contribution is 4.91. The largest absolute Gasteiger partial charge is 0.367 e. The molecule has 0 saturated carbocycles. The van der Waals surface area contributed by atoms with Crippen LogP contribution in [0.15, 0.2) is 0 Å². The lowest BCUT2D eigenvalue weighted by molar-refractivity contribution is -0.0278. The summed E-state index contributed by atoms with van der Waals surface area (Å²) in [6, 6.07) is 0. The minimum absolute atomic E-state index is 0.0124. The van der Waals surface area contributed by atoms with Crippen LogP contribution in [0.25, 0.3) is 0 Å². The average molecular weight is 240 g/mol. The van der Waals surface area contributed by atoms with Gasteiger partial charge >= 0.3 is 0 Å². The maximum Gasteiger partial charge on any atom is 0.181 e. The third kappa shape index (κ3) is 3.21. The van der Waals surface area contributed by atoms with Crippen LogP contribution in [0.2, 0.25) is 0 Å². The lowest BCUT2D eigenvalue weighted by atomic mass is 10.2. The lowest BCUT2D eigenvalue weighted by Crippen LogP contribution is -2.36. The Morgan fingerprint density at radius 3 is 3.12 bits per heavy atom. The minimum atomic E-state index is -0.0124. The summed E-state index contributed by atoms with van der Waals surface area (Å²) in [4.78, 5) is 2.23. The molecule has 17 heavy (non-hydrogen) atoms. The molecule has 1 aliphatic heterocycles. The molecule has 0 aliphatic carbocycles.